The molecule has 1 aliphatic rings. The van der Waals surface area contributed by atoms with Crippen LogP contribution in [0.1, 0.15) is 23.9 Å². The molecule has 7 nitrogen and oxygen atoms in total. The lowest BCUT2D eigenvalue weighted by atomic mass is 10.1. The molecule has 1 saturated heterocycles. The van der Waals surface area contributed by atoms with Gasteiger partial charge in [-0.15, -0.1) is 11.3 Å². The standard InChI is InChI=1S/C20H26N4O3S/c1-3-27-17-7-5-4-6-15(17)13-24-10-8-22-20(26)16(24)12-19(25)23(2)14-18-21-9-11-28-18/h4-7,9,11,16H,3,8,10,12-14H2,1-2H3,(H,22,26)/t16-/m0/s1. The quantitative estimate of drug-likeness (QED) is 0.730. The second kappa shape index (κ2) is 9.66. The Morgan fingerprint density at radius 3 is 3.00 bits per heavy atom. The molecule has 0 saturated carbocycles. The molecule has 0 aliphatic carbocycles. The van der Waals surface area contributed by atoms with Crippen LogP contribution in [0.4, 0.5) is 0 Å². The average molecular weight is 403 g/mol. The Morgan fingerprint density at radius 2 is 2.25 bits per heavy atom. The monoisotopic (exact) mass is 402 g/mol. The first-order chi connectivity index (χ1) is 13.6. The number of carbonyl (C=O) groups excluding carboxylic acids is 2. The lowest BCUT2D eigenvalue weighted by Crippen LogP contribution is -2.56. The van der Waals surface area contributed by atoms with Crippen LogP contribution in [0.2, 0.25) is 0 Å². The summed E-state index contributed by atoms with van der Waals surface area (Å²) >= 11 is 1.52. The maximum absolute atomic E-state index is 12.7. The minimum absolute atomic E-state index is 0.0691. The molecule has 1 aliphatic heterocycles. The summed E-state index contributed by atoms with van der Waals surface area (Å²) in [6, 6.07) is 7.35. The number of thiazole rings is 1. The van der Waals surface area contributed by atoms with E-state index in [2.05, 4.69) is 15.2 Å². The number of nitrogens with zero attached hydrogens (tertiary/aromatic N) is 3. The molecule has 1 fully saturated rings. The number of hydrogen-bond donors (Lipinski definition) is 1. The number of carbonyl (C=O) groups is 2. The molecule has 2 aromatic rings. The third kappa shape index (κ3) is 5.08. The van der Waals surface area contributed by atoms with E-state index in [1.165, 1.54) is 11.3 Å². The van der Waals surface area contributed by atoms with Crippen molar-refractivity contribution in [3.05, 3.63) is 46.4 Å². The van der Waals surface area contributed by atoms with Gasteiger partial charge in [0.2, 0.25) is 11.8 Å². The molecule has 8 heteroatoms. The van der Waals surface area contributed by atoms with Crippen molar-refractivity contribution in [3.8, 4) is 5.75 Å². The van der Waals surface area contributed by atoms with Crippen LogP contribution < -0.4 is 10.1 Å². The van der Waals surface area contributed by atoms with Crippen molar-refractivity contribution < 1.29 is 14.3 Å². The van der Waals surface area contributed by atoms with E-state index in [9.17, 15) is 9.59 Å². The number of hydrogen-bond acceptors (Lipinski definition) is 6. The molecule has 3 rings (SSSR count). The van der Waals surface area contributed by atoms with Gasteiger partial charge in [0.05, 0.1) is 25.6 Å². The molecule has 2 heterocycles. The molecule has 28 heavy (non-hydrogen) atoms. The van der Waals surface area contributed by atoms with Gasteiger partial charge >= 0.3 is 0 Å². The fourth-order valence-corrected chi connectivity index (χ4v) is 3.93. The van der Waals surface area contributed by atoms with Crippen molar-refractivity contribution in [1.82, 2.24) is 20.1 Å². The van der Waals surface area contributed by atoms with Crippen molar-refractivity contribution in [2.24, 2.45) is 0 Å². The fourth-order valence-electron chi connectivity index (χ4n) is 3.27. The van der Waals surface area contributed by atoms with Crippen LogP contribution in [0.25, 0.3) is 0 Å². The number of aromatic nitrogens is 1. The van der Waals surface area contributed by atoms with Gasteiger partial charge in [-0.2, -0.15) is 0 Å². The zero-order valence-electron chi connectivity index (χ0n) is 16.3. The van der Waals surface area contributed by atoms with E-state index in [4.69, 9.17) is 4.74 Å². The Balaban J connectivity index is 1.68. The number of benzene rings is 1. The molecule has 150 valence electrons. The first-order valence-corrected chi connectivity index (χ1v) is 10.3. The SMILES string of the molecule is CCOc1ccccc1CN1CCNC(=O)[C@@H]1CC(=O)N(C)Cc1nccs1. The van der Waals surface area contributed by atoms with Gasteiger partial charge in [-0.25, -0.2) is 4.98 Å². The Labute approximate surface area is 169 Å². The van der Waals surface area contributed by atoms with Crippen molar-refractivity contribution in [3.63, 3.8) is 0 Å². The van der Waals surface area contributed by atoms with Gasteiger partial charge in [0.25, 0.3) is 0 Å². The van der Waals surface area contributed by atoms with Crippen LogP contribution in [-0.2, 0) is 22.7 Å². The Bertz CT molecular complexity index is 797. The van der Waals surface area contributed by atoms with Gasteiger partial charge in [-0.05, 0) is 13.0 Å². The van der Waals surface area contributed by atoms with E-state index in [1.54, 1.807) is 18.1 Å². The maximum Gasteiger partial charge on any atom is 0.237 e. The highest BCUT2D eigenvalue weighted by Gasteiger charge is 2.33. The topological polar surface area (TPSA) is 74.8 Å². The minimum atomic E-state index is -0.491. The van der Waals surface area contributed by atoms with Crippen LogP contribution >= 0.6 is 11.3 Å². The predicted octanol–water partition coefficient (Wildman–Crippen LogP) is 1.89. The minimum Gasteiger partial charge on any atom is -0.494 e. The lowest BCUT2D eigenvalue weighted by Gasteiger charge is -2.35. The van der Waals surface area contributed by atoms with Gasteiger partial charge in [0.1, 0.15) is 10.8 Å². The van der Waals surface area contributed by atoms with E-state index >= 15 is 0 Å². The summed E-state index contributed by atoms with van der Waals surface area (Å²) in [6.45, 7) is 4.83. The zero-order chi connectivity index (χ0) is 19.9. The molecule has 0 spiro atoms. The molecule has 0 bridgehead atoms. The summed E-state index contributed by atoms with van der Waals surface area (Å²) in [5.41, 5.74) is 1.02. The van der Waals surface area contributed by atoms with E-state index < -0.39 is 6.04 Å². The molecule has 0 unspecified atom stereocenters. The maximum atomic E-state index is 12.7. The number of piperazine rings is 1. The molecule has 0 radical (unpaired) electrons. The first kappa shape index (κ1) is 20.3. The fraction of sp³-hybridized carbons (Fsp3) is 0.450. The van der Waals surface area contributed by atoms with Gasteiger partial charge in [0, 0.05) is 43.8 Å². The number of amides is 2. The highest BCUT2D eigenvalue weighted by atomic mass is 32.1. The third-order valence-corrected chi connectivity index (χ3v) is 5.50. The van der Waals surface area contributed by atoms with Crippen molar-refractivity contribution in [1.29, 1.82) is 0 Å². The van der Waals surface area contributed by atoms with E-state index in [1.807, 2.05) is 36.6 Å². The second-order valence-electron chi connectivity index (χ2n) is 6.70. The molecular weight excluding hydrogens is 376 g/mol. The molecule has 1 atom stereocenters. The first-order valence-electron chi connectivity index (χ1n) is 9.43. The second-order valence-corrected chi connectivity index (χ2v) is 7.68. The van der Waals surface area contributed by atoms with Gasteiger partial charge < -0.3 is 15.0 Å². The summed E-state index contributed by atoms with van der Waals surface area (Å²) in [4.78, 5) is 33.2. The number of nitrogens with one attached hydrogen (secondary N) is 1. The Hall–Kier alpha value is -2.45. The molecule has 1 N–H and O–H groups in total. The van der Waals surface area contributed by atoms with Crippen LogP contribution in [0.3, 0.4) is 0 Å². The molecule has 2 amide bonds. The number of para-hydroxylation sites is 1. The summed E-state index contributed by atoms with van der Waals surface area (Å²) in [5.74, 6) is 0.651. The van der Waals surface area contributed by atoms with Crippen LogP contribution in [-0.4, -0.2) is 59.4 Å². The van der Waals surface area contributed by atoms with E-state index in [0.717, 1.165) is 16.3 Å². The molecule has 1 aromatic carbocycles. The predicted molar refractivity (Wildman–Crippen MR) is 108 cm³/mol. The highest BCUT2D eigenvalue weighted by molar-refractivity contribution is 7.09. The Morgan fingerprint density at radius 1 is 1.43 bits per heavy atom. The van der Waals surface area contributed by atoms with Crippen LogP contribution in [0.5, 0.6) is 5.75 Å². The normalized spacial score (nSPS) is 17.2. The number of ether oxygens (including phenoxy) is 1. The molecule has 1 aromatic heterocycles. The summed E-state index contributed by atoms with van der Waals surface area (Å²) in [5, 5.41) is 5.65. The molecular formula is C20H26N4O3S. The number of rotatable bonds is 8. The van der Waals surface area contributed by atoms with E-state index in [0.29, 0.717) is 32.8 Å². The van der Waals surface area contributed by atoms with Crippen LogP contribution in [0.15, 0.2) is 35.8 Å². The smallest absolute Gasteiger partial charge is 0.237 e. The zero-order valence-corrected chi connectivity index (χ0v) is 17.1. The summed E-state index contributed by atoms with van der Waals surface area (Å²) in [6.07, 6.45) is 1.87. The highest BCUT2D eigenvalue weighted by Crippen LogP contribution is 2.23. The third-order valence-electron chi connectivity index (χ3n) is 4.74. The Kier molecular flexibility index (Phi) is 7.00. The van der Waals surface area contributed by atoms with Crippen molar-refractivity contribution in [2.75, 3.05) is 26.7 Å². The van der Waals surface area contributed by atoms with Gasteiger partial charge in [-0.3, -0.25) is 14.5 Å². The van der Waals surface area contributed by atoms with Gasteiger partial charge in [0.15, 0.2) is 0 Å². The summed E-state index contributed by atoms with van der Waals surface area (Å²) < 4.78 is 5.71. The summed E-state index contributed by atoms with van der Waals surface area (Å²) in [7, 11) is 1.75. The van der Waals surface area contributed by atoms with E-state index in [-0.39, 0.29) is 18.2 Å². The van der Waals surface area contributed by atoms with Crippen molar-refractivity contribution in [2.45, 2.75) is 32.5 Å². The largest absolute Gasteiger partial charge is 0.494 e. The average Bonchev–Trinajstić information content (AvgIpc) is 3.19. The van der Waals surface area contributed by atoms with Crippen molar-refractivity contribution >= 4 is 23.2 Å². The van der Waals surface area contributed by atoms with Gasteiger partial charge in [-0.1, -0.05) is 18.2 Å². The van der Waals surface area contributed by atoms with Crippen LogP contribution in [0, 0.1) is 0 Å². The lowest BCUT2D eigenvalue weighted by molar-refractivity contribution is -0.138.